The first-order valence-corrected chi connectivity index (χ1v) is 10.8. The highest BCUT2D eigenvalue weighted by Crippen LogP contribution is 2.32. The van der Waals surface area contributed by atoms with Crippen LogP contribution >= 0.6 is 0 Å². The van der Waals surface area contributed by atoms with Crippen LogP contribution < -0.4 is 15.1 Å². The van der Waals surface area contributed by atoms with Gasteiger partial charge in [-0.15, -0.1) is 0 Å². The van der Waals surface area contributed by atoms with Crippen LogP contribution in [-0.2, 0) is 0 Å². The summed E-state index contributed by atoms with van der Waals surface area (Å²) in [7, 11) is 0. The van der Waals surface area contributed by atoms with E-state index in [2.05, 4.69) is 36.2 Å². The van der Waals surface area contributed by atoms with E-state index in [0.717, 1.165) is 17.8 Å². The molecule has 176 valence electrons. The third-order valence-corrected chi connectivity index (χ3v) is 6.09. The maximum Gasteiger partial charge on any atom is 0.293 e. The highest BCUT2D eigenvalue weighted by atomic mass is 19.1. The fourth-order valence-electron chi connectivity index (χ4n) is 4.17. The van der Waals surface area contributed by atoms with E-state index in [0.29, 0.717) is 37.9 Å². The minimum Gasteiger partial charge on any atom is -0.368 e. The highest BCUT2D eigenvalue weighted by Gasteiger charge is 2.26. The molecule has 9 heteroatoms. The quantitative estimate of drug-likeness (QED) is 0.420. The molecule has 0 spiro atoms. The summed E-state index contributed by atoms with van der Waals surface area (Å²) in [5, 5.41) is 14.2. The number of rotatable bonds is 5. The third kappa shape index (κ3) is 4.83. The largest absolute Gasteiger partial charge is 0.368 e. The van der Waals surface area contributed by atoms with Gasteiger partial charge in [0.25, 0.3) is 11.6 Å². The van der Waals surface area contributed by atoms with Gasteiger partial charge in [0.1, 0.15) is 17.3 Å². The first kappa shape index (κ1) is 23.2. The van der Waals surface area contributed by atoms with Crippen LogP contribution in [0.15, 0.2) is 54.6 Å². The summed E-state index contributed by atoms with van der Waals surface area (Å²) >= 11 is 0. The maximum absolute atomic E-state index is 13.4. The topological polar surface area (TPSA) is 78.7 Å². The monoisotopic (exact) mass is 466 g/mol. The first-order valence-electron chi connectivity index (χ1n) is 10.8. The number of hydrogen-bond donors (Lipinski definition) is 1. The summed E-state index contributed by atoms with van der Waals surface area (Å²) in [5.41, 5.74) is 3.78. The molecule has 1 saturated heterocycles. The number of nitrogens with one attached hydrogen (secondary N) is 1. The Morgan fingerprint density at radius 1 is 0.912 bits per heavy atom. The Bertz CT molecular complexity index is 1240. The molecule has 0 unspecified atom stereocenters. The van der Waals surface area contributed by atoms with Gasteiger partial charge in [0, 0.05) is 55.2 Å². The Morgan fingerprint density at radius 2 is 1.53 bits per heavy atom. The lowest BCUT2D eigenvalue weighted by molar-refractivity contribution is -0.384. The van der Waals surface area contributed by atoms with Gasteiger partial charge in [0.2, 0.25) is 0 Å². The first-order chi connectivity index (χ1) is 16.2. The van der Waals surface area contributed by atoms with E-state index >= 15 is 0 Å². The second-order valence-electron chi connectivity index (χ2n) is 8.27. The Balaban J connectivity index is 1.51. The molecule has 1 amide bonds. The van der Waals surface area contributed by atoms with E-state index in [4.69, 9.17) is 0 Å². The van der Waals surface area contributed by atoms with Crippen molar-refractivity contribution in [1.29, 1.82) is 0 Å². The third-order valence-electron chi connectivity index (χ3n) is 6.09. The summed E-state index contributed by atoms with van der Waals surface area (Å²) in [6.07, 6.45) is 0. The summed E-state index contributed by atoms with van der Waals surface area (Å²) in [5.74, 6) is -2.37. The molecule has 1 heterocycles. The van der Waals surface area contributed by atoms with Crippen molar-refractivity contribution in [3.63, 3.8) is 0 Å². The van der Waals surface area contributed by atoms with Crippen molar-refractivity contribution >= 4 is 28.7 Å². The molecule has 1 N–H and O–H groups in total. The lowest BCUT2D eigenvalue weighted by Crippen LogP contribution is -2.47. The SMILES string of the molecule is Cc1cccc(N2CCN(c3ccc(C(=O)Nc4cc(F)cc(F)c4)cc3[N+](=O)[O-])CC2)c1C. The molecule has 7 nitrogen and oxygen atoms in total. The molecule has 0 bridgehead atoms. The van der Waals surface area contributed by atoms with E-state index < -0.39 is 22.5 Å². The number of piperazine rings is 1. The summed E-state index contributed by atoms with van der Waals surface area (Å²) in [4.78, 5) is 28.0. The summed E-state index contributed by atoms with van der Waals surface area (Å²) < 4.78 is 26.8. The van der Waals surface area contributed by atoms with Gasteiger partial charge in [-0.2, -0.15) is 0 Å². The Labute approximate surface area is 195 Å². The number of aryl methyl sites for hydroxylation is 1. The number of halogens is 2. The zero-order valence-corrected chi connectivity index (χ0v) is 18.8. The number of nitro benzene ring substituents is 1. The molecule has 0 radical (unpaired) electrons. The Kier molecular flexibility index (Phi) is 6.45. The van der Waals surface area contributed by atoms with Gasteiger partial charge in [0.15, 0.2) is 0 Å². The standard InChI is InChI=1S/C25H24F2N4O3/c1-16-4-3-5-22(17(16)2)29-8-10-30(11-9-29)23-7-6-18(12-24(23)31(33)34)25(32)28-21-14-19(26)13-20(27)15-21/h3-7,12-15H,8-11H2,1-2H3,(H,28,32). The van der Waals surface area contributed by atoms with Crippen molar-refractivity contribution in [2.75, 3.05) is 41.3 Å². The number of carbonyl (C=O) groups is 1. The van der Waals surface area contributed by atoms with E-state index in [1.165, 1.54) is 23.3 Å². The van der Waals surface area contributed by atoms with Crippen LogP contribution in [-0.4, -0.2) is 37.0 Å². The summed E-state index contributed by atoms with van der Waals surface area (Å²) in [6.45, 7) is 6.74. The van der Waals surface area contributed by atoms with Crippen molar-refractivity contribution in [2.24, 2.45) is 0 Å². The van der Waals surface area contributed by atoms with Crippen LogP contribution in [0, 0.1) is 35.6 Å². The molecule has 0 aromatic heterocycles. The van der Waals surface area contributed by atoms with E-state index in [-0.39, 0.29) is 16.9 Å². The van der Waals surface area contributed by atoms with Gasteiger partial charge >= 0.3 is 0 Å². The van der Waals surface area contributed by atoms with Crippen LogP contribution in [0.25, 0.3) is 0 Å². The second kappa shape index (κ2) is 9.46. The van der Waals surface area contributed by atoms with Gasteiger partial charge in [-0.1, -0.05) is 12.1 Å². The summed E-state index contributed by atoms with van der Waals surface area (Å²) in [6, 6.07) is 13.0. The Hall–Kier alpha value is -4.01. The van der Waals surface area contributed by atoms with E-state index in [1.54, 1.807) is 6.07 Å². The van der Waals surface area contributed by atoms with Gasteiger partial charge in [-0.25, -0.2) is 8.78 Å². The Morgan fingerprint density at radius 3 is 2.15 bits per heavy atom. The van der Waals surface area contributed by atoms with Crippen molar-refractivity contribution < 1.29 is 18.5 Å². The molecule has 0 aliphatic carbocycles. The minimum absolute atomic E-state index is 0.0224. The van der Waals surface area contributed by atoms with Crippen molar-refractivity contribution in [2.45, 2.75) is 13.8 Å². The number of carbonyl (C=O) groups excluding carboxylic acids is 1. The maximum atomic E-state index is 13.4. The molecule has 0 saturated carbocycles. The zero-order chi connectivity index (χ0) is 24.4. The number of nitro groups is 1. The zero-order valence-electron chi connectivity index (χ0n) is 18.8. The molecule has 3 aromatic rings. The number of nitrogens with zero attached hydrogens (tertiary/aromatic N) is 3. The number of hydrogen-bond acceptors (Lipinski definition) is 5. The minimum atomic E-state index is -0.836. The average Bonchev–Trinajstić information content (AvgIpc) is 2.80. The number of anilines is 3. The number of benzene rings is 3. The lowest BCUT2D eigenvalue weighted by Gasteiger charge is -2.38. The van der Waals surface area contributed by atoms with Crippen LogP contribution in [0.4, 0.5) is 31.5 Å². The van der Waals surface area contributed by atoms with Crippen LogP contribution in [0.3, 0.4) is 0 Å². The smallest absolute Gasteiger partial charge is 0.293 e. The van der Waals surface area contributed by atoms with Gasteiger partial charge in [-0.3, -0.25) is 14.9 Å². The van der Waals surface area contributed by atoms with Crippen LogP contribution in [0.5, 0.6) is 0 Å². The lowest BCUT2D eigenvalue weighted by atomic mass is 10.1. The van der Waals surface area contributed by atoms with Gasteiger partial charge in [-0.05, 0) is 55.3 Å². The van der Waals surface area contributed by atoms with Crippen LogP contribution in [0.2, 0.25) is 0 Å². The predicted molar refractivity (Wildman–Crippen MR) is 128 cm³/mol. The average molecular weight is 466 g/mol. The fourth-order valence-corrected chi connectivity index (χ4v) is 4.17. The molecule has 34 heavy (non-hydrogen) atoms. The molecular formula is C25H24F2N4O3. The van der Waals surface area contributed by atoms with Crippen molar-refractivity contribution in [3.8, 4) is 0 Å². The van der Waals surface area contributed by atoms with Gasteiger partial charge < -0.3 is 15.1 Å². The van der Waals surface area contributed by atoms with Crippen molar-refractivity contribution in [1.82, 2.24) is 0 Å². The van der Waals surface area contributed by atoms with E-state index in [1.807, 2.05) is 11.0 Å². The molecule has 3 aromatic carbocycles. The second-order valence-corrected chi connectivity index (χ2v) is 8.27. The molecule has 4 rings (SSSR count). The van der Waals surface area contributed by atoms with Gasteiger partial charge in [0.05, 0.1) is 4.92 Å². The molecule has 1 aliphatic heterocycles. The fraction of sp³-hybridized carbons (Fsp3) is 0.240. The van der Waals surface area contributed by atoms with Crippen LogP contribution in [0.1, 0.15) is 21.5 Å². The molecule has 0 atom stereocenters. The van der Waals surface area contributed by atoms with Crippen molar-refractivity contribution in [3.05, 3.63) is 93.0 Å². The molecular weight excluding hydrogens is 442 g/mol. The highest BCUT2D eigenvalue weighted by molar-refractivity contribution is 6.05. The van der Waals surface area contributed by atoms with E-state index in [9.17, 15) is 23.7 Å². The normalized spacial score (nSPS) is 13.6. The molecule has 1 fully saturated rings. The number of amides is 1. The molecule has 1 aliphatic rings. The predicted octanol–water partition coefficient (Wildman–Crippen LogP) is 5.07.